The van der Waals surface area contributed by atoms with E-state index >= 15 is 0 Å². The molecule has 0 atom stereocenters. The van der Waals surface area contributed by atoms with E-state index in [1.807, 2.05) is 0 Å². The Morgan fingerprint density at radius 1 is 1.54 bits per heavy atom. The molecule has 0 aromatic rings. The molecule has 0 unspecified atom stereocenters. The number of amides is 1. The maximum Gasteiger partial charge on any atom is 0.274 e. The number of hydrogen-bond acceptors (Lipinski definition) is 5. The number of aliphatic hydroxyl groups excluding tert-OH is 1. The van der Waals surface area contributed by atoms with Crippen LogP contribution in [0.15, 0.2) is 11.5 Å². The molecule has 1 aliphatic heterocycles. The fourth-order valence-electron chi connectivity index (χ4n) is 1.20. The molecule has 74 valence electrons. The van der Waals surface area contributed by atoms with Crippen LogP contribution in [0, 0.1) is 0 Å². The molecule has 1 rings (SSSR count). The second kappa shape index (κ2) is 3.53. The Balaban J connectivity index is 2.94. The second-order valence-corrected chi connectivity index (χ2v) is 2.94. The van der Waals surface area contributed by atoms with Gasteiger partial charge in [0.2, 0.25) is 0 Å². The summed E-state index contributed by atoms with van der Waals surface area (Å²) < 4.78 is 0. The Labute approximate surface area is 76.6 Å². The first-order valence-electron chi connectivity index (χ1n) is 3.89. The molecule has 0 saturated heterocycles. The Kier molecular flexibility index (Phi) is 2.62. The van der Waals surface area contributed by atoms with Gasteiger partial charge in [0.1, 0.15) is 18.2 Å². The molecule has 4 N–H and O–H groups in total. The van der Waals surface area contributed by atoms with Crippen molar-refractivity contribution in [3.8, 4) is 0 Å². The van der Waals surface area contributed by atoms with Crippen molar-refractivity contribution in [2.45, 2.75) is 0 Å². The number of nitrogens with two attached hydrogens (primary N) is 1. The lowest BCUT2D eigenvalue weighted by Crippen LogP contribution is -2.49. The lowest BCUT2D eigenvalue weighted by Gasteiger charge is -2.33. The molecule has 13 heavy (non-hydrogen) atoms. The van der Waals surface area contributed by atoms with Crippen molar-refractivity contribution in [2.24, 2.45) is 5.73 Å². The van der Waals surface area contributed by atoms with E-state index in [2.05, 4.69) is 5.32 Å². The van der Waals surface area contributed by atoms with Gasteiger partial charge in [-0.05, 0) is 0 Å². The Hall–Kier alpha value is -1.43. The summed E-state index contributed by atoms with van der Waals surface area (Å²) in [6.07, 6.45) is 0. The zero-order valence-corrected chi connectivity index (χ0v) is 7.74. The van der Waals surface area contributed by atoms with Gasteiger partial charge in [0, 0.05) is 14.1 Å². The zero-order valence-electron chi connectivity index (χ0n) is 7.74. The predicted molar refractivity (Wildman–Crippen MR) is 46.8 cm³/mol. The van der Waals surface area contributed by atoms with Crippen LogP contribution in [0.1, 0.15) is 0 Å². The summed E-state index contributed by atoms with van der Waals surface area (Å²) in [5.74, 6) is 0.154. The van der Waals surface area contributed by atoms with Crippen molar-refractivity contribution in [1.82, 2.24) is 15.1 Å². The number of carbonyl (C=O) groups excluding carboxylic acids is 1. The van der Waals surface area contributed by atoms with E-state index in [1.54, 1.807) is 19.0 Å². The van der Waals surface area contributed by atoms with Gasteiger partial charge in [-0.3, -0.25) is 4.79 Å². The topological polar surface area (TPSA) is 81.8 Å². The summed E-state index contributed by atoms with van der Waals surface area (Å²) in [5.41, 5.74) is 5.89. The second-order valence-electron chi connectivity index (χ2n) is 2.94. The molecule has 0 aromatic heterocycles. The zero-order chi connectivity index (χ0) is 10.0. The lowest BCUT2D eigenvalue weighted by molar-refractivity contribution is -0.129. The van der Waals surface area contributed by atoms with Gasteiger partial charge < -0.3 is 26.0 Å². The number of nitrogens with zero attached hydrogens (tertiary/aromatic N) is 2. The number of nitrogens with one attached hydrogen (secondary N) is 1. The average molecular weight is 186 g/mol. The van der Waals surface area contributed by atoms with E-state index in [0.29, 0.717) is 12.5 Å². The molecule has 6 nitrogen and oxygen atoms in total. The van der Waals surface area contributed by atoms with Gasteiger partial charge in [0.25, 0.3) is 5.91 Å². The van der Waals surface area contributed by atoms with E-state index in [4.69, 9.17) is 10.8 Å². The highest BCUT2D eigenvalue weighted by atomic mass is 16.3. The van der Waals surface area contributed by atoms with Crippen LogP contribution < -0.4 is 11.1 Å². The number of hydrogen-bond donors (Lipinski definition) is 3. The van der Waals surface area contributed by atoms with Crippen LogP contribution in [0.2, 0.25) is 0 Å². The summed E-state index contributed by atoms with van der Waals surface area (Å²) in [4.78, 5) is 14.7. The quantitative estimate of drug-likeness (QED) is 0.435. The molecule has 0 spiro atoms. The number of likely N-dealkylation sites (N-methyl/N-ethyl adjacent to an activating group) is 1. The van der Waals surface area contributed by atoms with E-state index < -0.39 is 0 Å². The third kappa shape index (κ3) is 1.67. The van der Waals surface area contributed by atoms with E-state index in [0.717, 1.165) is 0 Å². The largest absolute Gasteiger partial charge is 0.383 e. The standard InChI is InChI=1S/C7H14N4O2/c1-10-4-11(2)7(13)5(6(10)8)9-3-12/h9,12H,3-4,8H2,1-2H3. The van der Waals surface area contributed by atoms with E-state index in [-0.39, 0.29) is 18.3 Å². The summed E-state index contributed by atoms with van der Waals surface area (Å²) in [6.45, 7) is 0.157. The summed E-state index contributed by atoms with van der Waals surface area (Å²) in [7, 11) is 3.45. The van der Waals surface area contributed by atoms with Crippen LogP contribution in [0.5, 0.6) is 0 Å². The predicted octanol–water partition coefficient (Wildman–Crippen LogP) is -1.99. The molecule has 1 heterocycles. The first-order valence-corrected chi connectivity index (χ1v) is 3.89. The highest BCUT2D eigenvalue weighted by Gasteiger charge is 2.25. The third-order valence-electron chi connectivity index (χ3n) is 1.91. The number of carbonyl (C=O) groups is 1. The van der Waals surface area contributed by atoms with Crippen LogP contribution in [0.3, 0.4) is 0 Å². The van der Waals surface area contributed by atoms with Crippen LogP contribution in [-0.4, -0.2) is 48.3 Å². The van der Waals surface area contributed by atoms with Crippen LogP contribution >= 0.6 is 0 Å². The Bertz CT molecular complexity index is 251. The minimum absolute atomic E-state index is 0.204. The number of aliphatic hydroxyl groups is 1. The highest BCUT2D eigenvalue weighted by molar-refractivity contribution is 5.93. The molecule has 1 amide bonds. The Morgan fingerprint density at radius 2 is 2.15 bits per heavy atom. The molecule has 0 aliphatic carbocycles. The van der Waals surface area contributed by atoms with Gasteiger partial charge >= 0.3 is 0 Å². The van der Waals surface area contributed by atoms with Crippen LogP contribution in [0.25, 0.3) is 0 Å². The molecule has 6 heteroatoms. The molecular formula is C7H14N4O2. The highest BCUT2D eigenvalue weighted by Crippen LogP contribution is 2.10. The minimum atomic E-state index is -0.302. The summed E-state index contributed by atoms with van der Waals surface area (Å²) in [6, 6.07) is 0. The first-order chi connectivity index (χ1) is 6.07. The van der Waals surface area contributed by atoms with Gasteiger partial charge in [-0.1, -0.05) is 0 Å². The van der Waals surface area contributed by atoms with Gasteiger partial charge in [-0.25, -0.2) is 0 Å². The molecule has 0 radical (unpaired) electrons. The maximum absolute atomic E-state index is 11.5. The van der Waals surface area contributed by atoms with Gasteiger partial charge in [0.15, 0.2) is 0 Å². The van der Waals surface area contributed by atoms with Crippen molar-refractivity contribution in [2.75, 3.05) is 27.5 Å². The van der Waals surface area contributed by atoms with Gasteiger partial charge in [-0.15, -0.1) is 0 Å². The van der Waals surface area contributed by atoms with Crippen LogP contribution in [-0.2, 0) is 4.79 Å². The third-order valence-corrected chi connectivity index (χ3v) is 1.91. The smallest absolute Gasteiger partial charge is 0.274 e. The van der Waals surface area contributed by atoms with Gasteiger partial charge in [0.05, 0.1) is 6.67 Å². The maximum atomic E-state index is 11.5. The SMILES string of the molecule is CN1CN(C)C(N)=C(NCO)C1=O. The molecule has 1 aliphatic rings. The molecule has 0 aromatic carbocycles. The van der Waals surface area contributed by atoms with Crippen molar-refractivity contribution in [1.29, 1.82) is 0 Å². The summed E-state index contributed by atoms with van der Waals surface area (Å²) >= 11 is 0. The van der Waals surface area contributed by atoms with E-state index in [1.165, 1.54) is 4.90 Å². The molecule has 0 bridgehead atoms. The fraction of sp³-hybridized carbons (Fsp3) is 0.571. The van der Waals surface area contributed by atoms with Crippen molar-refractivity contribution in [3.05, 3.63) is 11.5 Å². The number of rotatable bonds is 2. The average Bonchev–Trinajstić information content (AvgIpc) is 2.09. The summed E-state index contributed by atoms with van der Waals surface area (Å²) in [5, 5.41) is 11.2. The van der Waals surface area contributed by atoms with Crippen molar-refractivity contribution < 1.29 is 9.90 Å². The first kappa shape index (κ1) is 9.66. The fourth-order valence-corrected chi connectivity index (χ4v) is 1.20. The van der Waals surface area contributed by atoms with Crippen LogP contribution in [0.4, 0.5) is 0 Å². The molecule has 0 fully saturated rings. The van der Waals surface area contributed by atoms with Gasteiger partial charge in [-0.2, -0.15) is 0 Å². The van der Waals surface area contributed by atoms with Crippen molar-refractivity contribution in [3.63, 3.8) is 0 Å². The monoisotopic (exact) mass is 186 g/mol. The molecular weight excluding hydrogens is 172 g/mol. The minimum Gasteiger partial charge on any atom is -0.383 e. The lowest BCUT2D eigenvalue weighted by atomic mass is 10.3. The normalized spacial score (nSPS) is 18.2. The Morgan fingerprint density at radius 3 is 2.69 bits per heavy atom. The van der Waals surface area contributed by atoms with E-state index in [9.17, 15) is 4.79 Å². The molecule has 0 saturated carbocycles. The van der Waals surface area contributed by atoms with Crippen molar-refractivity contribution >= 4 is 5.91 Å².